The Balaban J connectivity index is 1.22. The molecular formula is C27H35ClN4O4S. The topological polar surface area (TPSA) is 107 Å². The molecule has 2 aromatic carbocycles. The maximum Gasteiger partial charge on any atom is 0.305 e. The van der Waals surface area contributed by atoms with Gasteiger partial charge in [0.25, 0.3) is 0 Å². The molecule has 2 heterocycles. The number of carbonyl (C=O) groups excluding carboxylic acids is 1. The Morgan fingerprint density at radius 3 is 2.70 bits per heavy atom. The molecule has 0 atom stereocenters. The summed E-state index contributed by atoms with van der Waals surface area (Å²) < 4.78 is 6.31. The zero-order valence-corrected chi connectivity index (χ0v) is 22.5. The van der Waals surface area contributed by atoms with Crippen LogP contribution < -0.4 is 15.5 Å². The number of amides is 1. The average molecular weight is 547 g/mol. The Kier molecular flexibility index (Phi) is 10.4. The van der Waals surface area contributed by atoms with Gasteiger partial charge in [-0.2, -0.15) is 0 Å². The number of benzene rings is 2. The van der Waals surface area contributed by atoms with Gasteiger partial charge in [-0.1, -0.05) is 41.1 Å². The minimum absolute atomic E-state index is 0.0922. The summed E-state index contributed by atoms with van der Waals surface area (Å²) in [6.45, 7) is 4.87. The van der Waals surface area contributed by atoms with Gasteiger partial charge in [0, 0.05) is 50.3 Å². The summed E-state index contributed by atoms with van der Waals surface area (Å²) in [6.07, 6.45) is 3.80. The second kappa shape index (κ2) is 13.9. The highest BCUT2D eigenvalue weighted by Gasteiger charge is 2.25. The monoisotopic (exact) mass is 546 g/mol. The molecule has 0 unspecified atom stereocenters. The van der Waals surface area contributed by atoms with Crippen LogP contribution in [0.4, 0.5) is 0 Å². The van der Waals surface area contributed by atoms with Crippen LogP contribution in [0.2, 0.25) is 5.02 Å². The number of nitrogens with one attached hydrogen (secondary N) is 3. The van der Waals surface area contributed by atoms with Crippen molar-refractivity contribution in [2.75, 3.05) is 45.9 Å². The maximum atomic E-state index is 13.1. The first kappa shape index (κ1) is 27.6. The first-order valence-corrected chi connectivity index (χ1v) is 14.1. The molecule has 0 radical (unpaired) electrons. The SMILES string of the molecule is O=C(CCNCCc1cccc(Cl)c1)N(CCNCCc1ccc(O)c2[nH]c(=O)sc12)C1CCOCC1. The summed E-state index contributed by atoms with van der Waals surface area (Å²) in [6, 6.07) is 11.5. The Bertz CT molecular complexity index is 1220. The normalized spacial score (nSPS) is 14.3. The lowest BCUT2D eigenvalue weighted by Gasteiger charge is -2.34. The fraction of sp³-hybridized carbons (Fsp3) is 0.481. The van der Waals surface area contributed by atoms with Crippen LogP contribution in [0.5, 0.6) is 5.75 Å². The van der Waals surface area contributed by atoms with E-state index in [-0.39, 0.29) is 22.6 Å². The molecule has 1 saturated heterocycles. The van der Waals surface area contributed by atoms with E-state index in [1.165, 1.54) is 5.56 Å². The van der Waals surface area contributed by atoms with Crippen molar-refractivity contribution in [3.63, 3.8) is 0 Å². The van der Waals surface area contributed by atoms with Gasteiger partial charge in [0.15, 0.2) is 0 Å². The van der Waals surface area contributed by atoms with Gasteiger partial charge in [0.05, 0.1) is 4.70 Å². The van der Waals surface area contributed by atoms with Crippen LogP contribution in [0.3, 0.4) is 0 Å². The Morgan fingerprint density at radius 1 is 1.11 bits per heavy atom. The van der Waals surface area contributed by atoms with Crippen LogP contribution in [-0.2, 0) is 22.4 Å². The Labute approximate surface area is 226 Å². The van der Waals surface area contributed by atoms with Crippen molar-refractivity contribution in [3.05, 3.63) is 62.2 Å². The standard InChI is InChI=1S/C27H35ClN4O4S/c28-21-3-1-2-19(18-21)6-11-29-13-8-24(34)32(22-9-16-36-17-10-22)15-14-30-12-7-20-4-5-23(33)25-26(20)37-27(35)31-25/h1-5,18,22,29-30,33H,6-17H2,(H,31,35). The van der Waals surface area contributed by atoms with Crippen LogP contribution in [-0.4, -0.2) is 72.9 Å². The first-order valence-electron chi connectivity index (χ1n) is 12.9. The minimum Gasteiger partial charge on any atom is -0.506 e. The van der Waals surface area contributed by atoms with Crippen molar-refractivity contribution in [3.8, 4) is 5.75 Å². The summed E-state index contributed by atoms with van der Waals surface area (Å²) in [5, 5.41) is 17.5. The predicted octanol–water partition coefficient (Wildman–Crippen LogP) is 3.31. The average Bonchev–Trinajstić information content (AvgIpc) is 3.30. The van der Waals surface area contributed by atoms with E-state index in [0.29, 0.717) is 51.3 Å². The lowest BCUT2D eigenvalue weighted by Crippen LogP contribution is -2.47. The number of phenolic OH excluding ortho intramolecular Hbond substituents is 1. The second-order valence-electron chi connectivity index (χ2n) is 9.27. The number of thiazole rings is 1. The summed E-state index contributed by atoms with van der Waals surface area (Å²) in [5.74, 6) is 0.260. The molecule has 200 valence electrons. The maximum absolute atomic E-state index is 13.1. The number of carbonyl (C=O) groups is 1. The lowest BCUT2D eigenvalue weighted by atomic mass is 10.1. The third kappa shape index (κ3) is 8.02. The number of nitrogens with zero attached hydrogens (tertiary/aromatic N) is 1. The number of rotatable bonds is 13. The molecular weight excluding hydrogens is 512 g/mol. The molecule has 1 amide bonds. The minimum atomic E-state index is -0.171. The molecule has 37 heavy (non-hydrogen) atoms. The quantitative estimate of drug-likeness (QED) is 0.245. The van der Waals surface area contributed by atoms with Gasteiger partial charge in [0.2, 0.25) is 5.91 Å². The van der Waals surface area contributed by atoms with E-state index < -0.39 is 0 Å². The van der Waals surface area contributed by atoms with Gasteiger partial charge in [-0.05, 0) is 68.1 Å². The number of halogens is 1. The van der Waals surface area contributed by atoms with Gasteiger partial charge in [-0.3, -0.25) is 9.59 Å². The summed E-state index contributed by atoms with van der Waals surface area (Å²) in [5.41, 5.74) is 2.70. The number of hydrogen-bond acceptors (Lipinski definition) is 7. The number of aromatic hydroxyl groups is 1. The number of aromatic nitrogens is 1. The van der Waals surface area contributed by atoms with Gasteiger partial charge in [-0.25, -0.2) is 0 Å². The fourth-order valence-corrected chi connectivity index (χ4v) is 5.82. The molecule has 1 aliphatic rings. The molecule has 1 fully saturated rings. The van der Waals surface area contributed by atoms with Gasteiger partial charge >= 0.3 is 4.87 Å². The summed E-state index contributed by atoms with van der Waals surface area (Å²) in [4.78, 5) is 29.4. The van der Waals surface area contributed by atoms with E-state index in [0.717, 1.165) is 58.9 Å². The van der Waals surface area contributed by atoms with Crippen LogP contribution in [0.1, 0.15) is 30.4 Å². The van der Waals surface area contributed by atoms with Crippen molar-refractivity contribution in [2.24, 2.45) is 0 Å². The Morgan fingerprint density at radius 2 is 1.89 bits per heavy atom. The van der Waals surface area contributed by atoms with Crippen molar-refractivity contribution >= 4 is 39.1 Å². The highest BCUT2D eigenvalue weighted by atomic mass is 35.5. The van der Waals surface area contributed by atoms with E-state index >= 15 is 0 Å². The lowest BCUT2D eigenvalue weighted by molar-refractivity contribution is -0.135. The van der Waals surface area contributed by atoms with E-state index in [2.05, 4.69) is 21.7 Å². The molecule has 1 aromatic heterocycles. The van der Waals surface area contributed by atoms with E-state index in [4.69, 9.17) is 16.3 Å². The van der Waals surface area contributed by atoms with Crippen LogP contribution in [0, 0.1) is 0 Å². The largest absolute Gasteiger partial charge is 0.506 e. The van der Waals surface area contributed by atoms with E-state index in [1.807, 2.05) is 29.2 Å². The van der Waals surface area contributed by atoms with Crippen molar-refractivity contribution < 1.29 is 14.6 Å². The van der Waals surface area contributed by atoms with E-state index in [1.54, 1.807) is 6.07 Å². The molecule has 1 aliphatic heterocycles. The number of ether oxygens (including phenoxy) is 1. The van der Waals surface area contributed by atoms with Gasteiger partial charge in [-0.15, -0.1) is 0 Å². The molecule has 0 saturated carbocycles. The first-order chi connectivity index (χ1) is 18.0. The summed E-state index contributed by atoms with van der Waals surface area (Å²) >= 11 is 7.17. The smallest absolute Gasteiger partial charge is 0.305 e. The highest BCUT2D eigenvalue weighted by Crippen LogP contribution is 2.27. The van der Waals surface area contributed by atoms with Crippen molar-refractivity contribution in [2.45, 2.75) is 38.1 Å². The summed E-state index contributed by atoms with van der Waals surface area (Å²) in [7, 11) is 0. The third-order valence-corrected chi connectivity index (χ3v) is 7.88. The van der Waals surface area contributed by atoms with Gasteiger partial charge in [0.1, 0.15) is 11.3 Å². The number of aromatic amines is 1. The zero-order valence-electron chi connectivity index (χ0n) is 20.9. The van der Waals surface area contributed by atoms with Crippen LogP contribution >= 0.6 is 22.9 Å². The highest BCUT2D eigenvalue weighted by molar-refractivity contribution is 7.16. The Hall–Kier alpha value is -2.43. The van der Waals surface area contributed by atoms with Crippen LogP contribution in [0.25, 0.3) is 10.2 Å². The molecule has 0 aliphatic carbocycles. The molecule has 4 N–H and O–H groups in total. The molecule has 10 heteroatoms. The molecule has 8 nitrogen and oxygen atoms in total. The molecule has 3 aromatic rings. The van der Waals surface area contributed by atoms with Crippen molar-refractivity contribution in [1.29, 1.82) is 0 Å². The fourth-order valence-electron chi connectivity index (χ4n) is 4.71. The number of hydrogen-bond donors (Lipinski definition) is 4. The third-order valence-electron chi connectivity index (χ3n) is 6.69. The van der Waals surface area contributed by atoms with Crippen molar-refractivity contribution in [1.82, 2.24) is 20.5 Å². The zero-order chi connectivity index (χ0) is 26.0. The predicted molar refractivity (Wildman–Crippen MR) is 149 cm³/mol. The molecule has 0 spiro atoms. The number of fused-ring (bicyclic) bond motifs is 1. The number of H-pyrrole nitrogens is 1. The molecule has 0 bridgehead atoms. The second-order valence-corrected chi connectivity index (χ2v) is 10.7. The van der Waals surface area contributed by atoms with Crippen LogP contribution in [0.15, 0.2) is 41.2 Å². The van der Waals surface area contributed by atoms with E-state index in [9.17, 15) is 14.7 Å². The number of phenols is 1. The van der Waals surface area contributed by atoms with Gasteiger partial charge < -0.3 is 30.4 Å². The molecule has 4 rings (SSSR count).